The number of hydrogen-bond acceptors (Lipinski definition) is 4. The summed E-state index contributed by atoms with van der Waals surface area (Å²) in [6.07, 6.45) is 3.63. The first kappa shape index (κ1) is 18.6. The van der Waals surface area contributed by atoms with Gasteiger partial charge in [0.15, 0.2) is 0 Å². The average Bonchev–Trinajstić information content (AvgIpc) is 3.03. The molecule has 2 atom stereocenters. The third-order valence-electron chi connectivity index (χ3n) is 4.86. The third kappa shape index (κ3) is 3.84. The van der Waals surface area contributed by atoms with Crippen LogP contribution in [0.25, 0.3) is 0 Å². The monoisotopic (exact) mass is 369 g/mol. The molecule has 1 aromatic carbocycles. The van der Waals surface area contributed by atoms with E-state index in [1.807, 2.05) is 38.1 Å². The predicted molar refractivity (Wildman–Crippen MR) is 99.6 cm³/mol. The summed E-state index contributed by atoms with van der Waals surface area (Å²) < 4.78 is 1.32. The second-order valence-corrected chi connectivity index (χ2v) is 6.80. The minimum absolute atomic E-state index is 0.0241. The number of amides is 3. The molecule has 142 valence electrons. The van der Waals surface area contributed by atoms with Crippen LogP contribution in [0.15, 0.2) is 36.7 Å². The van der Waals surface area contributed by atoms with Crippen LogP contribution >= 0.6 is 0 Å². The molecule has 0 fully saturated rings. The highest BCUT2D eigenvalue weighted by Crippen LogP contribution is 2.28. The number of para-hydroxylation sites is 1. The maximum absolute atomic E-state index is 13.2. The van der Waals surface area contributed by atoms with Crippen LogP contribution in [0.2, 0.25) is 0 Å². The maximum Gasteiger partial charge on any atom is 0.258 e. The number of nitrogens with one attached hydrogen (secondary N) is 1. The van der Waals surface area contributed by atoms with E-state index >= 15 is 0 Å². The molecule has 0 spiro atoms. The van der Waals surface area contributed by atoms with Crippen LogP contribution in [0.5, 0.6) is 0 Å². The second kappa shape index (κ2) is 7.61. The van der Waals surface area contributed by atoms with Crippen molar-refractivity contribution in [3.05, 3.63) is 47.8 Å². The molecule has 3 amide bonds. The summed E-state index contributed by atoms with van der Waals surface area (Å²) in [5.74, 6) is -1.07. The number of aromatic nitrogens is 2. The predicted octanol–water partition coefficient (Wildman–Crippen LogP) is 1.38. The van der Waals surface area contributed by atoms with E-state index in [1.165, 1.54) is 17.1 Å². The lowest BCUT2D eigenvalue weighted by Crippen LogP contribution is -2.48. The Balaban J connectivity index is 1.97. The van der Waals surface area contributed by atoms with E-state index in [4.69, 9.17) is 5.73 Å². The smallest absolute Gasteiger partial charge is 0.258 e. The van der Waals surface area contributed by atoms with Gasteiger partial charge in [-0.15, -0.1) is 0 Å². The Morgan fingerprint density at radius 1 is 1.37 bits per heavy atom. The molecule has 0 radical (unpaired) electrons. The molecule has 2 aromatic rings. The molecule has 0 saturated carbocycles. The zero-order chi connectivity index (χ0) is 19.6. The summed E-state index contributed by atoms with van der Waals surface area (Å²) in [5.41, 5.74) is 7.08. The highest BCUT2D eigenvalue weighted by Gasteiger charge is 2.37. The van der Waals surface area contributed by atoms with Crippen LogP contribution in [0.1, 0.15) is 36.2 Å². The molecular formula is C19H23N5O3. The van der Waals surface area contributed by atoms with E-state index in [-0.39, 0.29) is 24.3 Å². The minimum Gasteiger partial charge on any atom is -0.368 e. The molecule has 3 N–H and O–H groups in total. The fourth-order valence-corrected chi connectivity index (χ4v) is 3.28. The van der Waals surface area contributed by atoms with E-state index < -0.39 is 11.9 Å². The molecule has 27 heavy (non-hydrogen) atoms. The molecule has 3 rings (SSSR count). The normalized spacial score (nSPS) is 17.6. The molecular weight excluding hydrogens is 346 g/mol. The number of rotatable bonds is 5. The lowest BCUT2D eigenvalue weighted by atomic mass is 9.96. The van der Waals surface area contributed by atoms with Gasteiger partial charge >= 0.3 is 0 Å². The number of anilines is 1. The number of hydrogen-bond donors (Lipinski definition) is 2. The van der Waals surface area contributed by atoms with Gasteiger partial charge in [0, 0.05) is 18.4 Å². The van der Waals surface area contributed by atoms with Crippen molar-refractivity contribution in [2.24, 2.45) is 11.7 Å². The summed E-state index contributed by atoms with van der Waals surface area (Å²) >= 11 is 0. The van der Waals surface area contributed by atoms with Gasteiger partial charge in [-0.05, 0) is 17.5 Å². The Morgan fingerprint density at radius 2 is 2.11 bits per heavy atom. The van der Waals surface area contributed by atoms with Crippen LogP contribution in [-0.4, -0.2) is 38.4 Å². The third-order valence-corrected chi connectivity index (χ3v) is 4.86. The van der Waals surface area contributed by atoms with E-state index in [0.29, 0.717) is 12.1 Å². The number of carbonyl (C=O) groups is 3. The summed E-state index contributed by atoms with van der Waals surface area (Å²) in [4.78, 5) is 38.8. The van der Waals surface area contributed by atoms with Crippen molar-refractivity contribution in [1.82, 2.24) is 14.7 Å². The fourth-order valence-electron chi connectivity index (χ4n) is 3.28. The van der Waals surface area contributed by atoms with Crippen molar-refractivity contribution in [2.45, 2.75) is 39.4 Å². The SMILES string of the molecule is CCC(C)C1C(=O)Nc2ccccc2CN1C(=O)c1cnn(CC(N)=O)c1. The molecule has 1 aromatic heterocycles. The molecule has 8 nitrogen and oxygen atoms in total. The molecule has 0 aliphatic carbocycles. The van der Waals surface area contributed by atoms with Gasteiger partial charge in [0.2, 0.25) is 11.8 Å². The zero-order valence-electron chi connectivity index (χ0n) is 15.4. The zero-order valence-corrected chi connectivity index (χ0v) is 15.4. The van der Waals surface area contributed by atoms with Gasteiger partial charge in [-0.3, -0.25) is 19.1 Å². The topological polar surface area (TPSA) is 110 Å². The van der Waals surface area contributed by atoms with Crippen LogP contribution < -0.4 is 11.1 Å². The van der Waals surface area contributed by atoms with Crippen LogP contribution in [-0.2, 0) is 22.7 Å². The molecule has 0 bridgehead atoms. The maximum atomic E-state index is 13.2. The van der Waals surface area contributed by atoms with Gasteiger partial charge in [-0.2, -0.15) is 5.10 Å². The van der Waals surface area contributed by atoms with Crippen molar-refractivity contribution < 1.29 is 14.4 Å². The first-order chi connectivity index (χ1) is 12.9. The number of fused-ring (bicyclic) bond motifs is 1. The first-order valence-electron chi connectivity index (χ1n) is 8.91. The number of nitrogens with two attached hydrogens (primary N) is 1. The van der Waals surface area contributed by atoms with Crippen molar-refractivity contribution >= 4 is 23.4 Å². The van der Waals surface area contributed by atoms with Crippen molar-refractivity contribution in [1.29, 1.82) is 0 Å². The average molecular weight is 369 g/mol. The number of benzene rings is 1. The number of primary amides is 1. The van der Waals surface area contributed by atoms with Gasteiger partial charge in [0.1, 0.15) is 12.6 Å². The first-order valence-corrected chi connectivity index (χ1v) is 8.91. The standard InChI is InChI=1S/C19H23N5O3/c1-3-12(2)17-18(26)22-15-7-5-4-6-13(15)10-24(17)19(27)14-8-21-23(9-14)11-16(20)25/h4-9,12,17H,3,10-11H2,1-2H3,(H2,20,25)(H,22,26). The van der Waals surface area contributed by atoms with E-state index in [0.717, 1.165) is 17.7 Å². The van der Waals surface area contributed by atoms with Crippen molar-refractivity contribution in [3.8, 4) is 0 Å². The van der Waals surface area contributed by atoms with Crippen molar-refractivity contribution in [2.75, 3.05) is 5.32 Å². The summed E-state index contributed by atoms with van der Waals surface area (Å²) in [7, 11) is 0. The lowest BCUT2D eigenvalue weighted by molar-refractivity contribution is -0.122. The van der Waals surface area contributed by atoms with Gasteiger partial charge in [-0.25, -0.2) is 0 Å². The van der Waals surface area contributed by atoms with Crippen LogP contribution in [0.4, 0.5) is 5.69 Å². The van der Waals surface area contributed by atoms with Crippen LogP contribution in [0.3, 0.4) is 0 Å². The summed E-state index contributed by atoms with van der Waals surface area (Å²) in [6, 6.07) is 6.85. The van der Waals surface area contributed by atoms with E-state index in [9.17, 15) is 14.4 Å². The van der Waals surface area contributed by atoms with Gasteiger partial charge in [0.25, 0.3) is 5.91 Å². The summed E-state index contributed by atoms with van der Waals surface area (Å²) in [6.45, 7) is 4.15. The Morgan fingerprint density at radius 3 is 2.81 bits per heavy atom. The fraction of sp³-hybridized carbons (Fsp3) is 0.368. The largest absolute Gasteiger partial charge is 0.368 e. The molecule has 1 aliphatic rings. The number of carbonyl (C=O) groups excluding carboxylic acids is 3. The van der Waals surface area contributed by atoms with Crippen LogP contribution in [0, 0.1) is 5.92 Å². The Labute approximate surface area is 157 Å². The minimum atomic E-state index is -0.602. The Kier molecular flexibility index (Phi) is 5.25. The van der Waals surface area contributed by atoms with E-state index in [1.54, 1.807) is 4.90 Å². The Hall–Kier alpha value is -3.16. The lowest BCUT2D eigenvalue weighted by Gasteiger charge is -2.32. The molecule has 0 saturated heterocycles. The van der Waals surface area contributed by atoms with Gasteiger partial charge in [0.05, 0.1) is 11.8 Å². The van der Waals surface area contributed by atoms with Gasteiger partial charge < -0.3 is 16.0 Å². The molecule has 1 aliphatic heterocycles. The highest BCUT2D eigenvalue weighted by molar-refractivity contribution is 6.02. The van der Waals surface area contributed by atoms with Crippen molar-refractivity contribution in [3.63, 3.8) is 0 Å². The molecule has 2 heterocycles. The second-order valence-electron chi connectivity index (χ2n) is 6.80. The molecule has 8 heteroatoms. The van der Waals surface area contributed by atoms with E-state index in [2.05, 4.69) is 10.4 Å². The number of nitrogens with zero attached hydrogens (tertiary/aromatic N) is 3. The Bertz CT molecular complexity index is 876. The highest BCUT2D eigenvalue weighted by atomic mass is 16.2. The molecule has 2 unspecified atom stereocenters. The van der Waals surface area contributed by atoms with Gasteiger partial charge in [-0.1, -0.05) is 38.5 Å². The summed E-state index contributed by atoms with van der Waals surface area (Å²) in [5, 5.41) is 6.96. The quantitative estimate of drug-likeness (QED) is 0.829.